The minimum absolute atomic E-state index is 0.344. The van der Waals surface area contributed by atoms with Crippen LogP contribution in [0.1, 0.15) is 49.8 Å². The fourth-order valence-electron chi connectivity index (χ4n) is 3.85. The molecule has 0 aliphatic carbocycles. The normalized spacial score (nSPS) is 13.3. The van der Waals surface area contributed by atoms with Crippen molar-refractivity contribution in [1.82, 2.24) is 35.8 Å². The molecule has 8 heteroatoms. The van der Waals surface area contributed by atoms with E-state index in [-0.39, 0.29) is 0 Å². The molecule has 0 aliphatic rings. The van der Waals surface area contributed by atoms with Gasteiger partial charge in [0.2, 0.25) is 5.82 Å². The van der Waals surface area contributed by atoms with E-state index < -0.39 is 0 Å². The Balaban J connectivity index is 1.51. The molecule has 2 aromatic carbocycles. The maximum atomic E-state index is 4.79. The highest BCUT2D eigenvalue weighted by Crippen LogP contribution is 2.30. The number of nitrogens with zero attached hydrogens (tertiary/aromatic N) is 5. The van der Waals surface area contributed by atoms with Crippen LogP contribution in [-0.2, 0) is 6.42 Å². The molecule has 0 saturated heterocycles. The zero-order chi connectivity index (χ0) is 21.6. The Kier molecular flexibility index (Phi) is 6.76. The maximum Gasteiger partial charge on any atom is 0.205 e. The minimum Gasteiger partial charge on any atom is -0.263 e. The minimum atomic E-state index is 0.344. The molecule has 4 rings (SSSR count). The van der Waals surface area contributed by atoms with Gasteiger partial charge < -0.3 is 0 Å². The second-order valence-electron chi connectivity index (χ2n) is 7.80. The predicted molar refractivity (Wildman–Crippen MR) is 125 cm³/mol. The van der Waals surface area contributed by atoms with Gasteiger partial charge in [-0.25, -0.2) is 4.98 Å². The summed E-state index contributed by atoms with van der Waals surface area (Å²) in [6.45, 7) is 4.47. The fraction of sp³-hybridized carbons (Fsp3) is 0.348. The van der Waals surface area contributed by atoms with Gasteiger partial charge in [0.15, 0.2) is 5.82 Å². The Hall–Kier alpha value is -3.00. The van der Waals surface area contributed by atoms with E-state index in [1.807, 2.05) is 18.2 Å². The SMILES string of the molecule is CCC(C)C(CCS)c1n[nH]c(Cc2ccc(-c3ccccc3-c3nn[nH]n3)cc2)n1. The number of aromatic nitrogens is 7. The molecule has 2 heterocycles. The van der Waals surface area contributed by atoms with Crippen LogP contribution in [-0.4, -0.2) is 41.6 Å². The van der Waals surface area contributed by atoms with E-state index in [0.717, 1.165) is 46.9 Å². The Labute approximate surface area is 187 Å². The summed E-state index contributed by atoms with van der Waals surface area (Å²) in [5.41, 5.74) is 4.30. The molecule has 0 bridgehead atoms. The molecule has 31 heavy (non-hydrogen) atoms. The topological polar surface area (TPSA) is 96.0 Å². The van der Waals surface area contributed by atoms with Crippen LogP contribution in [0.5, 0.6) is 0 Å². The largest absolute Gasteiger partial charge is 0.263 e. The van der Waals surface area contributed by atoms with Gasteiger partial charge in [-0.15, -0.1) is 10.2 Å². The first-order valence-electron chi connectivity index (χ1n) is 10.6. The number of benzene rings is 2. The van der Waals surface area contributed by atoms with Crippen LogP contribution in [0.2, 0.25) is 0 Å². The van der Waals surface area contributed by atoms with E-state index in [9.17, 15) is 0 Å². The number of hydrogen-bond acceptors (Lipinski definition) is 6. The van der Waals surface area contributed by atoms with Gasteiger partial charge in [0.1, 0.15) is 5.82 Å². The maximum absolute atomic E-state index is 4.79. The van der Waals surface area contributed by atoms with Crippen molar-refractivity contribution in [3.63, 3.8) is 0 Å². The van der Waals surface area contributed by atoms with Crippen LogP contribution in [0, 0.1) is 5.92 Å². The second kappa shape index (κ2) is 9.87. The molecule has 2 unspecified atom stereocenters. The smallest absolute Gasteiger partial charge is 0.205 e. The fourth-order valence-corrected chi connectivity index (χ4v) is 4.13. The van der Waals surface area contributed by atoms with E-state index >= 15 is 0 Å². The Bertz CT molecular complexity index is 1090. The van der Waals surface area contributed by atoms with Gasteiger partial charge in [0.25, 0.3) is 0 Å². The summed E-state index contributed by atoms with van der Waals surface area (Å²) in [5.74, 6) is 4.11. The summed E-state index contributed by atoms with van der Waals surface area (Å²) in [4.78, 5) is 4.79. The Morgan fingerprint density at radius 3 is 2.45 bits per heavy atom. The molecule has 0 saturated carbocycles. The van der Waals surface area contributed by atoms with Crippen molar-refractivity contribution in [3.8, 4) is 22.5 Å². The van der Waals surface area contributed by atoms with Crippen molar-refractivity contribution in [3.05, 3.63) is 65.7 Å². The van der Waals surface area contributed by atoms with Gasteiger partial charge in [0.05, 0.1) is 0 Å². The van der Waals surface area contributed by atoms with Gasteiger partial charge in [0, 0.05) is 17.9 Å². The molecule has 0 fully saturated rings. The number of nitrogens with one attached hydrogen (secondary N) is 2. The molecular formula is C23H27N7S. The van der Waals surface area contributed by atoms with Crippen LogP contribution in [0.4, 0.5) is 0 Å². The quantitative estimate of drug-likeness (QED) is 0.333. The lowest BCUT2D eigenvalue weighted by molar-refractivity contribution is 0.421. The van der Waals surface area contributed by atoms with E-state index in [2.05, 4.69) is 87.6 Å². The number of thiol groups is 1. The van der Waals surface area contributed by atoms with E-state index in [4.69, 9.17) is 4.98 Å². The molecule has 2 atom stereocenters. The number of hydrogen-bond donors (Lipinski definition) is 3. The van der Waals surface area contributed by atoms with Gasteiger partial charge >= 0.3 is 0 Å². The van der Waals surface area contributed by atoms with Gasteiger partial charge in [-0.3, -0.25) is 5.10 Å². The monoisotopic (exact) mass is 433 g/mol. The predicted octanol–water partition coefficient (Wildman–Crippen LogP) is 4.69. The molecule has 0 aliphatic heterocycles. The average Bonchev–Trinajstić information content (AvgIpc) is 3.50. The van der Waals surface area contributed by atoms with Crippen LogP contribution in [0.15, 0.2) is 48.5 Å². The molecule has 0 amide bonds. The first kappa shape index (κ1) is 21.2. The first-order valence-corrected chi connectivity index (χ1v) is 11.3. The lowest BCUT2D eigenvalue weighted by atomic mass is 9.89. The average molecular weight is 434 g/mol. The zero-order valence-electron chi connectivity index (χ0n) is 17.8. The number of tetrazole rings is 1. The standard InChI is InChI=1S/C23H27N7S/c1-3-15(2)18(12-13-31)22-24-21(25-26-22)14-16-8-10-17(11-9-16)19-6-4-5-7-20(19)23-27-29-30-28-23/h4-11,15,18,31H,3,12-14H2,1-2H3,(H,24,25,26)(H,27,28,29,30). The summed E-state index contributed by atoms with van der Waals surface area (Å²) < 4.78 is 0. The van der Waals surface area contributed by atoms with Crippen LogP contribution >= 0.6 is 12.6 Å². The lowest BCUT2D eigenvalue weighted by Crippen LogP contribution is -2.12. The van der Waals surface area contributed by atoms with E-state index in [1.165, 1.54) is 5.56 Å². The second-order valence-corrected chi connectivity index (χ2v) is 8.25. The van der Waals surface area contributed by atoms with Crippen LogP contribution in [0.25, 0.3) is 22.5 Å². The number of aromatic amines is 2. The first-order chi connectivity index (χ1) is 15.2. The number of H-pyrrole nitrogens is 2. The third-order valence-electron chi connectivity index (χ3n) is 5.80. The summed E-state index contributed by atoms with van der Waals surface area (Å²) in [6, 6.07) is 16.6. The van der Waals surface area contributed by atoms with Crippen molar-refractivity contribution < 1.29 is 0 Å². The Morgan fingerprint density at radius 1 is 1.00 bits per heavy atom. The van der Waals surface area contributed by atoms with E-state index in [1.54, 1.807) is 0 Å². The van der Waals surface area contributed by atoms with E-state index in [0.29, 0.717) is 24.1 Å². The molecule has 0 spiro atoms. The third kappa shape index (κ3) is 4.85. The van der Waals surface area contributed by atoms with Crippen molar-refractivity contribution >= 4 is 12.6 Å². The molecule has 7 nitrogen and oxygen atoms in total. The molecule has 160 valence electrons. The summed E-state index contributed by atoms with van der Waals surface area (Å²) in [5, 5.41) is 22.1. The van der Waals surface area contributed by atoms with Crippen molar-refractivity contribution in [2.45, 2.75) is 39.0 Å². The summed E-state index contributed by atoms with van der Waals surface area (Å²) >= 11 is 4.42. The lowest BCUT2D eigenvalue weighted by Gasteiger charge is -2.18. The van der Waals surface area contributed by atoms with Crippen molar-refractivity contribution in [1.29, 1.82) is 0 Å². The van der Waals surface area contributed by atoms with Gasteiger partial charge in [-0.2, -0.15) is 22.9 Å². The third-order valence-corrected chi connectivity index (χ3v) is 6.06. The highest BCUT2D eigenvalue weighted by molar-refractivity contribution is 7.80. The molecular weight excluding hydrogens is 406 g/mol. The highest BCUT2D eigenvalue weighted by Gasteiger charge is 2.21. The highest BCUT2D eigenvalue weighted by atomic mass is 32.1. The Morgan fingerprint density at radius 2 is 1.77 bits per heavy atom. The molecule has 0 radical (unpaired) electrons. The molecule has 2 aromatic heterocycles. The molecule has 2 N–H and O–H groups in total. The molecule has 4 aromatic rings. The van der Waals surface area contributed by atoms with Crippen molar-refractivity contribution in [2.75, 3.05) is 5.75 Å². The summed E-state index contributed by atoms with van der Waals surface area (Å²) in [6.07, 6.45) is 2.81. The summed E-state index contributed by atoms with van der Waals surface area (Å²) in [7, 11) is 0. The van der Waals surface area contributed by atoms with Crippen molar-refractivity contribution in [2.24, 2.45) is 5.92 Å². The van der Waals surface area contributed by atoms with Crippen LogP contribution in [0.3, 0.4) is 0 Å². The zero-order valence-corrected chi connectivity index (χ0v) is 18.7. The number of rotatable bonds is 9. The van der Waals surface area contributed by atoms with Gasteiger partial charge in [-0.1, -0.05) is 68.8 Å². The van der Waals surface area contributed by atoms with Gasteiger partial charge in [-0.05, 0) is 40.0 Å². The van der Waals surface area contributed by atoms with Crippen LogP contribution < -0.4 is 0 Å².